The Morgan fingerprint density at radius 3 is 2.59 bits per heavy atom. The van der Waals surface area contributed by atoms with Crippen molar-refractivity contribution in [3.8, 4) is 5.75 Å². The molecule has 4 N–H and O–H groups in total. The second kappa shape index (κ2) is 11.6. The number of aryl methyl sites for hydroxylation is 1. The lowest BCUT2D eigenvalue weighted by atomic mass is 10.0. The Morgan fingerprint density at radius 2 is 1.86 bits per heavy atom. The molecule has 0 bridgehead atoms. The average molecular weight is 516 g/mol. The summed E-state index contributed by atoms with van der Waals surface area (Å²) in [5.41, 5.74) is 10.9. The van der Waals surface area contributed by atoms with E-state index in [2.05, 4.69) is 51.3 Å². The molecule has 0 unspecified atom stereocenters. The largest absolute Gasteiger partial charge is 0.508 e. The van der Waals surface area contributed by atoms with E-state index in [9.17, 15) is 5.11 Å². The van der Waals surface area contributed by atoms with Crippen molar-refractivity contribution in [2.45, 2.75) is 19.8 Å². The van der Waals surface area contributed by atoms with E-state index in [0.29, 0.717) is 28.2 Å². The molecule has 190 valence electrons. The Labute approximate surface area is 220 Å². The zero-order valence-corrected chi connectivity index (χ0v) is 21.9. The standard InChI is InChI=1S/C27H29N7O2S/c1-17(2)21-7-5-6-8-23(21)30-27(37)31-28-16-18-9-14-22-24(15-18)34(3)32-25(22)26(33-36-4)29-19-10-12-20(35)13-11-19/h5-17,35H,1-4H3,(H,29,33)(H2,30,31,37). The van der Waals surface area contributed by atoms with Gasteiger partial charge in [0.15, 0.2) is 10.9 Å². The van der Waals surface area contributed by atoms with Gasteiger partial charge in [-0.25, -0.2) is 10.5 Å². The van der Waals surface area contributed by atoms with E-state index >= 15 is 0 Å². The number of hydrogen-bond donors (Lipinski definition) is 4. The van der Waals surface area contributed by atoms with Crippen LogP contribution in [0.15, 0.2) is 76.8 Å². The van der Waals surface area contributed by atoms with Crippen LogP contribution in [-0.2, 0) is 11.9 Å². The Bertz CT molecular complexity index is 1460. The number of thiocarbonyl (C=S) groups is 1. The summed E-state index contributed by atoms with van der Waals surface area (Å²) in [4.78, 5) is 9.75. The van der Waals surface area contributed by atoms with Crippen molar-refractivity contribution in [1.29, 1.82) is 0 Å². The lowest BCUT2D eigenvalue weighted by molar-refractivity contribution is 0.145. The number of nitrogens with zero attached hydrogens (tertiary/aromatic N) is 4. The summed E-state index contributed by atoms with van der Waals surface area (Å²) in [6, 6.07) is 20.5. The number of hydroxylamine groups is 1. The van der Waals surface area contributed by atoms with Gasteiger partial charge in [-0.3, -0.25) is 14.9 Å². The van der Waals surface area contributed by atoms with Gasteiger partial charge < -0.3 is 10.4 Å². The van der Waals surface area contributed by atoms with Crippen molar-refractivity contribution in [3.63, 3.8) is 0 Å². The molecule has 4 rings (SSSR count). The van der Waals surface area contributed by atoms with Crippen LogP contribution in [0.2, 0.25) is 0 Å². The average Bonchev–Trinajstić information content (AvgIpc) is 3.21. The first kappa shape index (κ1) is 25.8. The van der Waals surface area contributed by atoms with Gasteiger partial charge in [-0.15, -0.1) is 0 Å². The lowest BCUT2D eigenvalue weighted by Gasteiger charge is -2.14. The van der Waals surface area contributed by atoms with E-state index in [-0.39, 0.29) is 5.75 Å². The van der Waals surface area contributed by atoms with Crippen molar-refractivity contribution < 1.29 is 9.94 Å². The molecule has 0 saturated heterocycles. The minimum Gasteiger partial charge on any atom is -0.508 e. The summed E-state index contributed by atoms with van der Waals surface area (Å²) < 4.78 is 1.77. The second-order valence-corrected chi connectivity index (χ2v) is 9.01. The zero-order chi connectivity index (χ0) is 26.4. The summed E-state index contributed by atoms with van der Waals surface area (Å²) in [5.74, 6) is 0.986. The van der Waals surface area contributed by atoms with Gasteiger partial charge in [-0.2, -0.15) is 10.2 Å². The number of rotatable bonds is 7. The Kier molecular flexibility index (Phi) is 8.11. The van der Waals surface area contributed by atoms with Crippen molar-refractivity contribution in [2.24, 2.45) is 17.1 Å². The van der Waals surface area contributed by atoms with Crippen LogP contribution in [-0.4, -0.2) is 39.2 Å². The van der Waals surface area contributed by atoms with E-state index in [1.165, 1.54) is 12.7 Å². The highest BCUT2D eigenvalue weighted by Gasteiger charge is 2.15. The van der Waals surface area contributed by atoms with Gasteiger partial charge in [0.1, 0.15) is 11.4 Å². The van der Waals surface area contributed by atoms with Gasteiger partial charge in [0.05, 0.1) is 24.5 Å². The number of nitrogens with one attached hydrogen (secondary N) is 3. The minimum atomic E-state index is 0.170. The highest BCUT2D eigenvalue weighted by atomic mass is 32.1. The maximum absolute atomic E-state index is 9.54. The Balaban J connectivity index is 1.52. The SMILES string of the molecule is CONC(=Nc1ccc(O)cc1)c1nn(C)c2cc(C=NNC(=S)Nc3ccccc3C(C)C)ccc12. The predicted octanol–water partition coefficient (Wildman–Crippen LogP) is 4.95. The molecule has 0 aliphatic rings. The van der Waals surface area contributed by atoms with Gasteiger partial charge in [0.25, 0.3) is 0 Å². The molecule has 1 heterocycles. The van der Waals surface area contributed by atoms with Crippen LogP contribution in [0.3, 0.4) is 0 Å². The first-order chi connectivity index (χ1) is 17.9. The van der Waals surface area contributed by atoms with E-state index < -0.39 is 0 Å². The zero-order valence-electron chi connectivity index (χ0n) is 21.1. The molecular formula is C27H29N7O2S. The molecule has 0 radical (unpaired) electrons. The van der Waals surface area contributed by atoms with Crippen LogP contribution in [0.1, 0.15) is 36.6 Å². The third-order valence-corrected chi connectivity index (χ3v) is 5.79. The maximum Gasteiger partial charge on any atom is 0.191 e. The lowest BCUT2D eigenvalue weighted by Crippen LogP contribution is -2.24. The van der Waals surface area contributed by atoms with Gasteiger partial charge >= 0.3 is 0 Å². The monoisotopic (exact) mass is 515 g/mol. The highest BCUT2D eigenvalue weighted by Crippen LogP contribution is 2.24. The molecule has 10 heteroatoms. The fourth-order valence-corrected chi connectivity index (χ4v) is 4.00. The number of hydrazone groups is 1. The van der Waals surface area contributed by atoms with Gasteiger partial charge in [0, 0.05) is 18.1 Å². The Hall–Kier alpha value is -4.28. The van der Waals surface area contributed by atoms with Crippen LogP contribution in [0.5, 0.6) is 5.75 Å². The molecule has 4 aromatic rings. The number of aliphatic imine (C=N–C) groups is 1. The summed E-state index contributed by atoms with van der Waals surface area (Å²) in [6.45, 7) is 4.28. The number of amidine groups is 1. The van der Waals surface area contributed by atoms with Crippen LogP contribution < -0.4 is 16.2 Å². The van der Waals surface area contributed by atoms with Crippen molar-refractivity contribution in [2.75, 3.05) is 12.4 Å². The number of para-hydroxylation sites is 1. The summed E-state index contributed by atoms with van der Waals surface area (Å²) in [7, 11) is 3.38. The van der Waals surface area contributed by atoms with Gasteiger partial charge in [0.2, 0.25) is 0 Å². The van der Waals surface area contributed by atoms with E-state index in [0.717, 1.165) is 22.2 Å². The van der Waals surface area contributed by atoms with Crippen LogP contribution in [0.25, 0.3) is 10.9 Å². The number of aromatic hydroxyl groups is 1. The van der Waals surface area contributed by atoms with Crippen molar-refractivity contribution in [3.05, 3.63) is 83.6 Å². The topological polar surface area (TPSA) is 108 Å². The molecule has 0 amide bonds. The number of benzene rings is 3. The molecule has 0 aliphatic carbocycles. The first-order valence-electron chi connectivity index (χ1n) is 11.7. The fraction of sp³-hybridized carbons (Fsp3) is 0.185. The molecule has 0 aliphatic heterocycles. The van der Waals surface area contributed by atoms with E-state index in [4.69, 9.17) is 17.1 Å². The van der Waals surface area contributed by atoms with Crippen molar-refractivity contribution in [1.82, 2.24) is 20.7 Å². The third kappa shape index (κ3) is 6.29. The number of fused-ring (bicyclic) bond motifs is 1. The van der Waals surface area contributed by atoms with Gasteiger partial charge in [-0.05, 0) is 71.7 Å². The molecular weight excluding hydrogens is 486 g/mol. The predicted molar refractivity (Wildman–Crippen MR) is 153 cm³/mol. The number of anilines is 1. The number of hydrogen-bond acceptors (Lipinski definition) is 6. The third-order valence-electron chi connectivity index (χ3n) is 5.60. The van der Waals surface area contributed by atoms with Crippen molar-refractivity contribution >= 4 is 51.7 Å². The number of phenols is 1. The highest BCUT2D eigenvalue weighted by molar-refractivity contribution is 7.80. The van der Waals surface area contributed by atoms with Gasteiger partial charge in [-0.1, -0.05) is 38.1 Å². The molecule has 3 aromatic carbocycles. The first-order valence-corrected chi connectivity index (χ1v) is 12.1. The minimum absolute atomic E-state index is 0.170. The molecule has 0 saturated carbocycles. The Morgan fingerprint density at radius 1 is 1.11 bits per heavy atom. The number of aromatic nitrogens is 2. The van der Waals surface area contributed by atoms with Crippen LogP contribution in [0, 0.1) is 0 Å². The van der Waals surface area contributed by atoms with Crippen LogP contribution >= 0.6 is 12.2 Å². The molecule has 0 atom stereocenters. The van der Waals surface area contributed by atoms with E-state index in [1.54, 1.807) is 35.2 Å². The smallest absolute Gasteiger partial charge is 0.191 e. The quantitative estimate of drug-likeness (QED) is 0.119. The summed E-state index contributed by atoms with van der Waals surface area (Å²) in [6.07, 6.45) is 1.70. The fourth-order valence-electron chi connectivity index (χ4n) is 3.84. The number of phenolic OH excluding ortho intramolecular Hbond substituents is 1. The van der Waals surface area contributed by atoms with Crippen LogP contribution in [0.4, 0.5) is 11.4 Å². The molecule has 0 spiro atoms. The molecule has 9 nitrogen and oxygen atoms in total. The summed E-state index contributed by atoms with van der Waals surface area (Å²) in [5, 5.41) is 23.0. The normalized spacial score (nSPS) is 11.9. The molecule has 37 heavy (non-hydrogen) atoms. The second-order valence-electron chi connectivity index (χ2n) is 8.60. The summed E-state index contributed by atoms with van der Waals surface area (Å²) >= 11 is 5.42. The molecule has 1 aromatic heterocycles. The maximum atomic E-state index is 9.54. The van der Waals surface area contributed by atoms with E-state index in [1.807, 2.05) is 43.4 Å². The molecule has 0 fully saturated rings.